The van der Waals surface area contributed by atoms with Crippen molar-refractivity contribution in [3.05, 3.63) is 59.9 Å². The van der Waals surface area contributed by atoms with Crippen LogP contribution in [-0.2, 0) is 16.3 Å². The number of alkyl halides is 3. The molecule has 2 aromatic rings. The first-order chi connectivity index (χ1) is 9.70. The molecule has 8 heteroatoms. The van der Waals surface area contributed by atoms with Crippen LogP contribution in [0.5, 0.6) is 5.75 Å². The van der Waals surface area contributed by atoms with Crippen molar-refractivity contribution in [2.75, 3.05) is 0 Å². The molecule has 0 N–H and O–H groups in total. The van der Waals surface area contributed by atoms with Crippen LogP contribution in [0.15, 0.2) is 53.4 Å². The van der Waals surface area contributed by atoms with E-state index in [1.54, 1.807) is 0 Å². The van der Waals surface area contributed by atoms with Crippen LogP contribution in [-0.4, -0.2) is 8.42 Å². The smallest absolute Gasteiger partial charge is 0.379 e. The highest BCUT2D eigenvalue weighted by Crippen LogP contribution is 2.34. The lowest BCUT2D eigenvalue weighted by Crippen LogP contribution is -2.17. The highest BCUT2D eigenvalue weighted by Gasteiger charge is 2.37. The van der Waals surface area contributed by atoms with Crippen molar-refractivity contribution < 1.29 is 30.2 Å². The van der Waals surface area contributed by atoms with Crippen molar-refractivity contribution >= 4 is 10.1 Å². The lowest BCUT2D eigenvalue weighted by atomic mass is 10.2. The summed E-state index contributed by atoms with van der Waals surface area (Å²) >= 11 is 0. The summed E-state index contributed by atoms with van der Waals surface area (Å²) in [5, 5.41) is 0. The van der Waals surface area contributed by atoms with Gasteiger partial charge >= 0.3 is 16.3 Å². The van der Waals surface area contributed by atoms with E-state index in [0.717, 1.165) is 36.4 Å². The van der Waals surface area contributed by atoms with Gasteiger partial charge in [-0.15, -0.1) is 0 Å². The molecule has 0 aromatic heterocycles. The number of halogens is 4. The van der Waals surface area contributed by atoms with Crippen LogP contribution in [0, 0.1) is 5.82 Å². The molecule has 112 valence electrons. The van der Waals surface area contributed by atoms with Gasteiger partial charge in [-0.05, 0) is 24.3 Å². The zero-order valence-electron chi connectivity index (χ0n) is 10.3. The van der Waals surface area contributed by atoms with Crippen molar-refractivity contribution in [1.29, 1.82) is 0 Å². The summed E-state index contributed by atoms with van der Waals surface area (Å²) in [5.41, 5.74) is -1.35. The van der Waals surface area contributed by atoms with Crippen molar-refractivity contribution in [1.82, 2.24) is 0 Å². The molecule has 0 saturated carbocycles. The lowest BCUT2D eigenvalue weighted by molar-refractivity contribution is -0.139. The molecule has 3 nitrogen and oxygen atoms in total. The van der Waals surface area contributed by atoms with Gasteiger partial charge in [0.1, 0.15) is 16.5 Å². The van der Waals surface area contributed by atoms with Crippen LogP contribution in [0.1, 0.15) is 5.56 Å². The standard InChI is InChI=1S/C13H8F4O3S/c14-9-4-3-5-10(8-9)20-21(18,19)12-7-2-1-6-11(12)13(15,16)17/h1-8H. The summed E-state index contributed by atoms with van der Waals surface area (Å²) in [4.78, 5) is -1.03. The van der Waals surface area contributed by atoms with Gasteiger partial charge in [0.2, 0.25) is 0 Å². The second kappa shape index (κ2) is 5.36. The van der Waals surface area contributed by atoms with Gasteiger partial charge in [0.05, 0.1) is 5.56 Å². The van der Waals surface area contributed by atoms with Crippen LogP contribution in [0.25, 0.3) is 0 Å². The second-order valence-electron chi connectivity index (χ2n) is 3.99. The molecule has 0 unspecified atom stereocenters. The zero-order valence-corrected chi connectivity index (χ0v) is 11.1. The quantitative estimate of drug-likeness (QED) is 0.641. The Labute approximate surface area is 117 Å². The Kier molecular flexibility index (Phi) is 3.91. The third kappa shape index (κ3) is 3.52. The Balaban J connectivity index is 2.46. The Bertz CT molecular complexity index is 754. The Morgan fingerprint density at radius 1 is 0.952 bits per heavy atom. The molecule has 0 aliphatic carbocycles. The van der Waals surface area contributed by atoms with Gasteiger partial charge in [0, 0.05) is 6.07 Å². The molecule has 0 saturated heterocycles. The topological polar surface area (TPSA) is 43.4 Å². The van der Waals surface area contributed by atoms with Crippen LogP contribution in [0.3, 0.4) is 0 Å². The number of hydrogen-bond acceptors (Lipinski definition) is 3. The maximum atomic E-state index is 13.0. The van der Waals surface area contributed by atoms with E-state index in [1.807, 2.05) is 0 Å². The monoisotopic (exact) mass is 320 g/mol. The summed E-state index contributed by atoms with van der Waals surface area (Å²) in [7, 11) is -4.73. The van der Waals surface area contributed by atoms with Crippen LogP contribution < -0.4 is 4.18 Å². The van der Waals surface area contributed by atoms with E-state index < -0.39 is 38.3 Å². The van der Waals surface area contributed by atoms with Crippen molar-refractivity contribution in [3.63, 3.8) is 0 Å². The first-order valence-corrected chi connectivity index (χ1v) is 6.97. The number of benzene rings is 2. The summed E-state index contributed by atoms with van der Waals surface area (Å²) < 4.78 is 79.8. The zero-order chi connectivity index (χ0) is 15.7. The summed E-state index contributed by atoms with van der Waals surface area (Å²) in [6.07, 6.45) is -4.85. The minimum absolute atomic E-state index is 0.410. The molecule has 0 radical (unpaired) electrons. The van der Waals surface area contributed by atoms with E-state index in [1.165, 1.54) is 6.07 Å². The molecule has 2 aromatic carbocycles. The first-order valence-electron chi connectivity index (χ1n) is 5.56. The molecule has 0 amide bonds. The van der Waals surface area contributed by atoms with Crippen molar-refractivity contribution in [2.24, 2.45) is 0 Å². The molecule has 0 aliphatic rings. The molecular formula is C13H8F4O3S. The van der Waals surface area contributed by atoms with E-state index in [2.05, 4.69) is 4.18 Å². The van der Waals surface area contributed by atoms with Gasteiger partial charge in [-0.2, -0.15) is 21.6 Å². The largest absolute Gasteiger partial charge is 0.417 e. The fraction of sp³-hybridized carbons (Fsp3) is 0.0769. The Hall–Kier alpha value is -2.09. The van der Waals surface area contributed by atoms with E-state index in [-0.39, 0.29) is 0 Å². The first kappa shape index (κ1) is 15.3. The molecule has 21 heavy (non-hydrogen) atoms. The van der Waals surface area contributed by atoms with E-state index >= 15 is 0 Å². The van der Waals surface area contributed by atoms with Crippen molar-refractivity contribution in [2.45, 2.75) is 11.1 Å². The molecule has 2 rings (SSSR count). The second-order valence-corrected chi connectivity index (χ2v) is 5.50. The summed E-state index contributed by atoms with van der Waals surface area (Å²) in [6, 6.07) is 7.70. The average molecular weight is 320 g/mol. The predicted octanol–water partition coefficient (Wildman–Crippen LogP) is 3.61. The van der Waals surface area contributed by atoms with Gasteiger partial charge in [0.15, 0.2) is 0 Å². The average Bonchev–Trinajstić information content (AvgIpc) is 2.37. The van der Waals surface area contributed by atoms with E-state index in [4.69, 9.17) is 0 Å². The third-order valence-corrected chi connectivity index (χ3v) is 3.77. The van der Waals surface area contributed by atoms with Gasteiger partial charge in [-0.25, -0.2) is 4.39 Å². The van der Waals surface area contributed by atoms with Gasteiger partial charge < -0.3 is 4.18 Å². The molecule has 0 fully saturated rings. The molecule has 0 heterocycles. The predicted molar refractivity (Wildman–Crippen MR) is 65.7 cm³/mol. The third-order valence-electron chi connectivity index (χ3n) is 2.46. The minimum Gasteiger partial charge on any atom is -0.379 e. The summed E-state index contributed by atoms with van der Waals surface area (Å²) in [6.45, 7) is 0. The molecular weight excluding hydrogens is 312 g/mol. The Morgan fingerprint density at radius 2 is 1.62 bits per heavy atom. The maximum Gasteiger partial charge on any atom is 0.417 e. The fourth-order valence-electron chi connectivity index (χ4n) is 1.61. The van der Waals surface area contributed by atoms with E-state index in [9.17, 15) is 26.0 Å². The molecule has 0 atom stereocenters. The number of hydrogen-bond donors (Lipinski definition) is 0. The fourth-order valence-corrected chi connectivity index (χ4v) is 2.75. The maximum absolute atomic E-state index is 13.0. The SMILES string of the molecule is O=S(=O)(Oc1cccc(F)c1)c1ccccc1C(F)(F)F. The molecule has 0 spiro atoms. The lowest BCUT2D eigenvalue weighted by Gasteiger charge is -2.13. The molecule has 0 bridgehead atoms. The van der Waals surface area contributed by atoms with Gasteiger partial charge in [0.25, 0.3) is 0 Å². The molecule has 0 aliphatic heterocycles. The minimum atomic E-state index is -4.85. The van der Waals surface area contributed by atoms with Gasteiger partial charge in [-0.1, -0.05) is 18.2 Å². The highest BCUT2D eigenvalue weighted by molar-refractivity contribution is 7.87. The number of rotatable bonds is 3. The van der Waals surface area contributed by atoms with Crippen LogP contribution >= 0.6 is 0 Å². The Morgan fingerprint density at radius 3 is 2.24 bits per heavy atom. The highest BCUT2D eigenvalue weighted by atomic mass is 32.2. The van der Waals surface area contributed by atoms with Crippen molar-refractivity contribution in [3.8, 4) is 5.75 Å². The summed E-state index contributed by atoms with van der Waals surface area (Å²) in [5.74, 6) is -1.18. The van der Waals surface area contributed by atoms with Crippen LogP contribution in [0.2, 0.25) is 0 Å². The van der Waals surface area contributed by atoms with E-state index in [0.29, 0.717) is 6.07 Å². The van der Waals surface area contributed by atoms with Gasteiger partial charge in [-0.3, -0.25) is 0 Å². The normalized spacial score (nSPS) is 12.2. The van der Waals surface area contributed by atoms with Crippen LogP contribution in [0.4, 0.5) is 17.6 Å².